The number of hydrogen-bond donors (Lipinski definition) is 1. The Morgan fingerprint density at radius 1 is 1.29 bits per heavy atom. The maximum Gasteiger partial charge on any atom is 0.0287 e. The van der Waals surface area contributed by atoms with E-state index < -0.39 is 0 Å². The molecule has 2 heteroatoms. The first-order valence-corrected chi connectivity index (χ1v) is 7.69. The van der Waals surface area contributed by atoms with E-state index in [9.17, 15) is 0 Å². The molecule has 1 aromatic carbocycles. The molecule has 0 aliphatic carbocycles. The van der Waals surface area contributed by atoms with Crippen LogP contribution in [0.15, 0.2) is 29.2 Å². The first-order valence-electron chi connectivity index (χ1n) is 6.81. The van der Waals surface area contributed by atoms with Gasteiger partial charge in [0.15, 0.2) is 0 Å². The maximum atomic E-state index is 6.32. The molecule has 1 nitrogen and oxygen atoms in total. The Labute approximate surface area is 109 Å². The molecular formula is C15H23NS. The van der Waals surface area contributed by atoms with Crippen molar-refractivity contribution in [3.05, 3.63) is 29.8 Å². The fourth-order valence-corrected chi connectivity index (χ4v) is 3.80. The highest BCUT2D eigenvalue weighted by Crippen LogP contribution is 2.38. The van der Waals surface area contributed by atoms with E-state index in [0.717, 1.165) is 6.42 Å². The van der Waals surface area contributed by atoms with E-state index in [4.69, 9.17) is 5.73 Å². The molecule has 1 aromatic rings. The molecule has 0 amide bonds. The van der Waals surface area contributed by atoms with Gasteiger partial charge in [0.1, 0.15) is 0 Å². The van der Waals surface area contributed by atoms with Gasteiger partial charge in [0, 0.05) is 16.2 Å². The Morgan fingerprint density at radius 3 is 2.88 bits per heavy atom. The topological polar surface area (TPSA) is 26.0 Å². The van der Waals surface area contributed by atoms with Crippen LogP contribution in [-0.2, 0) is 6.42 Å². The van der Waals surface area contributed by atoms with Crippen LogP contribution in [0.1, 0.15) is 44.6 Å². The third-order valence-electron chi connectivity index (χ3n) is 3.54. The number of nitrogens with two attached hydrogens (primary N) is 1. The summed E-state index contributed by atoms with van der Waals surface area (Å²) in [5, 5.41) is 0.606. The van der Waals surface area contributed by atoms with Crippen molar-refractivity contribution in [2.75, 3.05) is 0 Å². The molecule has 0 aromatic heterocycles. The number of rotatable bonds is 6. The molecule has 0 saturated carbocycles. The summed E-state index contributed by atoms with van der Waals surface area (Å²) in [6, 6.07) is 9.09. The van der Waals surface area contributed by atoms with Gasteiger partial charge in [-0.15, -0.1) is 11.8 Å². The number of hydrogen-bond acceptors (Lipinski definition) is 2. The number of thioether (sulfide) groups is 1. The summed E-state index contributed by atoms with van der Waals surface area (Å²) in [6.07, 6.45) is 7.64. The van der Waals surface area contributed by atoms with E-state index >= 15 is 0 Å². The smallest absolute Gasteiger partial charge is 0.0287 e. The Kier molecular flexibility index (Phi) is 4.93. The average molecular weight is 249 g/mol. The van der Waals surface area contributed by atoms with Crippen molar-refractivity contribution >= 4 is 11.8 Å². The third-order valence-corrected chi connectivity index (χ3v) is 5.01. The number of fused-ring (bicyclic) bond motifs is 1. The van der Waals surface area contributed by atoms with Crippen molar-refractivity contribution < 1.29 is 0 Å². The van der Waals surface area contributed by atoms with Crippen LogP contribution in [0.25, 0.3) is 0 Å². The minimum Gasteiger partial charge on any atom is -0.327 e. The van der Waals surface area contributed by atoms with E-state index in [2.05, 4.69) is 31.2 Å². The van der Waals surface area contributed by atoms with Crippen molar-refractivity contribution in [2.24, 2.45) is 5.73 Å². The van der Waals surface area contributed by atoms with Crippen LogP contribution in [0.2, 0.25) is 0 Å². The number of unbranched alkanes of at least 4 members (excludes halogenated alkanes) is 3. The molecule has 2 atom stereocenters. The highest BCUT2D eigenvalue weighted by atomic mass is 32.2. The van der Waals surface area contributed by atoms with Crippen LogP contribution >= 0.6 is 11.8 Å². The molecule has 0 fully saturated rings. The third kappa shape index (κ3) is 3.49. The molecule has 1 heterocycles. The Hall–Kier alpha value is -0.470. The van der Waals surface area contributed by atoms with Gasteiger partial charge < -0.3 is 5.73 Å². The lowest BCUT2D eigenvalue weighted by atomic mass is 10.0. The Bertz CT molecular complexity index is 326. The van der Waals surface area contributed by atoms with Crippen LogP contribution < -0.4 is 5.73 Å². The second-order valence-electron chi connectivity index (χ2n) is 4.98. The van der Waals surface area contributed by atoms with Crippen molar-refractivity contribution in [3.8, 4) is 0 Å². The van der Waals surface area contributed by atoms with E-state index in [-0.39, 0.29) is 0 Å². The summed E-state index contributed by atoms with van der Waals surface area (Å²) in [6.45, 7) is 2.25. The first-order chi connectivity index (χ1) is 8.31. The summed E-state index contributed by atoms with van der Waals surface area (Å²) in [5.74, 6) is 0. The fourth-order valence-electron chi connectivity index (χ4n) is 2.44. The van der Waals surface area contributed by atoms with E-state index in [1.54, 1.807) is 0 Å². The van der Waals surface area contributed by atoms with Crippen molar-refractivity contribution in [1.82, 2.24) is 0 Å². The lowest BCUT2D eigenvalue weighted by molar-refractivity contribution is 0.533. The van der Waals surface area contributed by atoms with Gasteiger partial charge >= 0.3 is 0 Å². The van der Waals surface area contributed by atoms with Gasteiger partial charge in [-0.2, -0.15) is 0 Å². The van der Waals surface area contributed by atoms with E-state index in [1.807, 2.05) is 11.8 Å². The summed E-state index contributed by atoms with van der Waals surface area (Å²) in [4.78, 5) is 1.45. The zero-order valence-corrected chi connectivity index (χ0v) is 11.5. The fraction of sp³-hybridized carbons (Fsp3) is 0.600. The molecule has 0 saturated heterocycles. The zero-order valence-electron chi connectivity index (χ0n) is 10.7. The Balaban J connectivity index is 1.78. The van der Waals surface area contributed by atoms with E-state index in [1.165, 1.54) is 42.6 Å². The van der Waals surface area contributed by atoms with Gasteiger partial charge in [-0.1, -0.05) is 50.8 Å². The molecular weight excluding hydrogens is 226 g/mol. The predicted octanol–water partition coefficient (Wildman–Crippen LogP) is 4.00. The second-order valence-corrected chi connectivity index (χ2v) is 6.26. The minimum atomic E-state index is 0.365. The quantitative estimate of drug-likeness (QED) is 0.771. The first kappa shape index (κ1) is 13.0. The normalized spacial score (nSPS) is 20.2. The minimum absolute atomic E-state index is 0.365. The SMILES string of the molecule is CCCCCCC(N)C1Cc2ccccc2S1. The summed E-state index contributed by atoms with van der Waals surface area (Å²) in [5.41, 5.74) is 7.81. The molecule has 2 rings (SSSR count). The average Bonchev–Trinajstić information content (AvgIpc) is 2.78. The Morgan fingerprint density at radius 2 is 2.12 bits per heavy atom. The lowest BCUT2D eigenvalue weighted by Crippen LogP contribution is -2.32. The zero-order chi connectivity index (χ0) is 12.1. The molecule has 17 heavy (non-hydrogen) atoms. The highest BCUT2D eigenvalue weighted by molar-refractivity contribution is 8.00. The van der Waals surface area contributed by atoms with Gasteiger partial charge in [0.05, 0.1) is 0 Å². The molecule has 1 aliphatic heterocycles. The molecule has 1 aliphatic rings. The largest absolute Gasteiger partial charge is 0.327 e. The van der Waals surface area contributed by atoms with Crippen LogP contribution in [-0.4, -0.2) is 11.3 Å². The summed E-state index contributed by atoms with van der Waals surface area (Å²) < 4.78 is 0. The van der Waals surface area contributed by atoms with Crippen LogP contribution in [0, 0.1) is 0 Å². The predicted molar refractivity (Wildman–Crippen MR) is 76.5 cm³/mol. The summed E-state index contributed by atoms with van der Waals surface area (Å²) >= 11 is 1.98. The molecule has 94 valence electrons. The maximum absolute atomic E-state index is 6.32. The molecule has 0 bridgehead atoms. The second kappa shape index (κ2) is 6.46. The molecule has 2 N–H and O–H groups in total. The lowest BCUT2D eigenvalue weighted by Gasteiger charge is -2.17. The van der Waals surface area contributed by atoms with Crippen molar-refractivity contribution in [2.45, 2.75) is 61.6 Å². The van der Waals surface area contributed by atoms with E-state index in [0.29, 0.717) is 11.3 Å². The molecule has 0 spiro atoms. The standard InChI is InChI=1S/C15H23NS/c1-2-3-4-5-9-13(16)15-11-12-8-6-7-10-14(12)17-15/h6-8,10,13,15H,2-5,9,11,16H2,1H3. The van der Waals surface area contributed by atoms with Crippen molar-refractivity contribution in [3.63, 3.8) is 0 Å². The van der Waals surface area contributed by atoms with Gasteiger partial charge in [0.25, 0.3) is 0 Å². The van der Waals surface area contributed by atoms with Crippen molar-refractivity contribution in [1.29, 1.82) is 0 Å². The molecule has 2 unspecified atom stereocenters. The monoisotopic (exact) mass is 249 g/mol. The van der Waals surface area contributed by atoms with Gasteiger partial charge in [0.2, 0.25) is 0 Å². The highest BCUT2D eigenvalue weighted by Gasteiger charge is 2.26. The van der Waals surface area contributed by atoms with Gasteiger partial charge in [-0.25, -0.2) is 0 Å². The number of benzene rings is 1. The van der Waals surface area contributed by atoms with Crippen LogP contribution in [0.5, 0.6) is 0 Å². The van der Waals surface area contributed by atoms with Gasteiger partial charge in [-0.05, 0) is 24.5 Å². The van der Waals surface area contributed by atoms with Crippen LogP contribution in [0.4, 0.5) is 0 Å². The summed E-state index contributed by atoms with van der Waals surface area (Å²) in [7, 11) is 0. The van der Waals surface area contributed by atoms with Gasteiger partial charge in [-0.3, -0.25) is 0 Å². The van der Waals surface area contributed by atoms with Crippen LogP contribution in [0.3, 0.4) is 0 Å². The molecule has 0 radical (unpaired) electrons.